The van der Waals surface area contributed by atoms with Crippen molar-refractivity contribution in [2.45, 2.75) is 46.5 Å². The van der Waals surface area contributed by atoms with Crippen molar-refractivity contribution in [2.24, 2.45) is 23.7 Å². The Morgan fingerprint density at radius 1 is 0.571 bits per heavy atom. The average molecular weight is 939 g/mol. The zero-order valence-electron chi connectivity index (χ0n) is 39.8. The molecule has 14 nitrogen and oxygen atoms in total. The van der Waals surface area contributed by atoms with Crippen LogP contribution in [0.3, 0.4) is 0 Å². The molecule has 2 aliphatic heterocycles. The molecule has 2 fully saturated rings. The number of rotatable bonds is 17. The second-order valence-electron chi connectivity index (χ2n) is 18.0. The highest BCUT2D eigenvalue weighted by Crippen LogP contribution is 2.32. The molecule has 358 valence electrons. The Morgan fingerprint density at radius 3 is 1.46 bits per heavy atom. The number of aliphatic carboxylic acids is 1. The Bertz CT molecular complexity index is 2880. The van der Waals surface area contributed by atoms with Crippen LogP contribution in [0.2, 0.25) is 0 Å². The third-order valence-corrected chi connectivity index (χ3v) is 13.1. The van der Waals surface area contributed by atoms with Gasteiger partial charge in [-0.3, -0.25) is 4.79 Å². The minimum atomic E-state index is -0.781. The molecule has 14 heteroatoms. The Morgan fingerprint density at radius 2 is 1.00 bits per heavy atom. The fraction of sp³-hybridized carbons (Fsp3) is 0.304. The first kappa shape index (κ1) is 47.2. The summed E-state index contributed by atoms with van der Waals surface area (Å²) in [6, 6.07) is 39.8. The van der Waals surface area contributed by atoms with Gasteiger partial charge in [-0.1, -0.05) is 67.6 Å². The van der Waals surface area contributed by atoms with E-state index in [1.807, 2.05) is 122 Å². The fourth-order valence-corrected chi connectivity index (χ4v) is 9.20. The minimum Gasteiger partial charge on any atom is -0.493 e. The maximum atomic E-state index is 11.9. The molecule has 0 amide bonds. The van der Waals surface area contributed by atoms with Crippen LogP contribution in [0.4, 0.5) is 11.9 Å². The van der Waals surface area contributed by atoms with Crippen LogP contribution < -0.4 is 19.3 Å². The first-order valence-electron chi connectivity index (χ1n) is 24.0. The first-order valence-corrected chi connectivity index (χ1v) is 24.0. The predicted octanol–water partition coefficient (Wildman–Crippen LogP) is 9.82. The smallest absolute Gasteiger partial charge is 0.308 e. The maximum Gasteiger partial charge on any atom is 0.308 e. The molecule has 1 N–H and O–H groups in total. The number of aromatic nitrogens is 6. The number of ether oxygens (including phenoxy) is 2. The summed E-state index contributed by atoms with van der Waals surface area (Å²) in [7, 11) is 0. The van der Waals surface area contributed by atoms with E-state index in [0.717, 1.165) is 76.6 Å². The van der Waals surface area contributed by atoms with E-state index in [1.165, 1.54) is 5.56 Å². The molecule has 4 aromatic carbocycles. The molecular formula is C56H58N8O6. The SMILES string of the molecule is Cc1oc(-c2ccccc2)nc1CCOc1ccc(C[C@@H]2CN(c3ncccn3)C[C@@H]2C(=O)O)cc1.Cc1oc(-c2ccccc2)nc1CCOc1ccc(C[C@@H]2CN(c3ncccn3)C[C@@H]2C)cc1. The van der Waals surface area contributed by atoms with E-state index in [1.54, 1.807) is 18.5 Å². The second-order valence-corrected chi connectivity index (χ2v) is 18.0. The van der Waals surface area contributed by atoms with Gasteiger partial charge in [0.25, 0.3) is 0 Å². The average Bonchev–Trinajstić information content (AvgIpc) is 4.19. The van der Waals surface area contributed by atoms with Crippen molar-refractivity contribution >= 4 is 17.9 Å². The third kappa shape index (κ3) is 12.0. The van der Waals surface area contributed by atoms with Crippen molar-refractivity contribution in [3.8, 4) is 34.4 Å². The zero-order valence-corrected chi connectivity index (χ0v) is 39.8. The van der Waals surface area contributed by atoms with E-state index in [0.29, 0.717) is 75.1 Å². The van der Waals surface area contributed by atoms with Crippen LogP contribution in [0.25, 0.3) is 22.9 Å². The van der Waals surface area contributed by atoms with Gasteiger partial charge in [0.15, 0.2) is 0 Å². The number of carbonyl (C=O) groups is 1. The Kier molecular flexibility index (Phi) is 15.2. The molecule has 2 aliphatic rings. The van der Waals surface area contributed by atoms with Crippen LogP contribution in [0.1, 0.15) is 41.0 Å². The summed E-state index contributed by atoms with van der Waals surface area (Å²) < 4.78 is 23.6. The predicted molar refractivity (Wildman–Crippen MR) is 268 cm³/mol. The number of carboxylic acid groups (broad SMARTS) is 1. The number of benzene rings is 4. The Hall–Kier alpha value is -7.87. The standard InChI is InChI=1S/C28H28N4O4.C28H30N4O2/c1-19-25(31-26(36-19)21-6-3-2-4-7-21)12-15-35-23-10-8-20(9-11-23)16-22-17-32(18-24(22)27(33)34)28-29-13-5-14-30-28;1-20-18-32(28-29-14-6-15-30-28)19-24(20)17-22-9-11-25(12-10-22)33-16-13-26-21(2)34-27(31-26)23-7-4-3-5-8-23/h2-11,13-14,22,24H,12,15-18H2,1H3,(H,33,34);3-12,14-15,20,24H,13,16-19H2,1-2H3/t22-,24+;20-,24+/m10/s1. The number of oxazole rings is 2. The number of hydrogen-bond acceptors (Lipinski definition) is 13. The molecule has 10 rings (SSSR count). The number of hydrogen-bond donors (Lipinski definition) is 1. The normalized spacial score (nSPS) is 17.5. The van der Waals surface area contributed by atoms with Crippen LogP contribution in [-0.4, -0.2) is 80.4 Å². The van der Waals surface area contributed by atoms with Crippen molar-refractivity contribution in [1.29, 1.82) is 0 Å². The summed E-state index contributed by atoms with van der Waals surface area (Å²) in [5.74, 6) is 5.91. The van der Waals surface area contributed by atoms with Gasteiger partial charge < -0.3 is 33.2 Å². The number of aryl methyl sites for hydroxylation is 2. The number of carboxylic acids is 1. The van der Waals surface area contributed by atoms with Crippen molar-refractivity contribution in [1.82, 2.24) is 29.9 Å². The van der Waals surface area contributed by atoms with E-state index >= 15 is 0 Å². The van der Waals surface area contributed by atoms with Crippen LogP contribution in [0.5, 0.6) is 11.5 Å². The Balaban J connectivity index is 0.000000174. The third-order valence-electron chi connectivity index (χ3n) is 13.1. The molecule has 70 heavy (non-hydrogen) atoms. The Labute approximate surface area is 408 Å². The van der Waals surface area contributed by atoms with Crippen molar-refractivity contribution in [3.05, 3.63) is 180 Å². The lowest BCUT2D eigenvalue weighted by atomic mass is 9.90. The molecule has 6 heterocycles. The number of anilines is 2. The fourth-order valence-electron chi connectivity index (χ4n) is 9.20. The molecule has 0 aliphatic carbocycles. The summed E-state index contributed by atoms with van der Waals surface area (Å²) in [4.78, 5) is 42.8. The molecule has 8 aromatic rings. The maximum absolute atomic E-state index is 11.9. The van der Waals surface area contributed by atoms with Gasteiger partial charge in [0, 0.05) is 74.9 Å². The molecule has 2 saturated heterocycles. The van der Waals surface area contributed by atoms with Gasteiger partial charge in [-0.25, -0.2) is 29.9 Å². The summed E-state index contributed by atoms with van der Waals surface area (Å²) in [5.41, 5.74) is 6.18. The topological polar surface area (TPSA) is 166 Å². The van der Waals surface area contributed by atoms with Gasteiger partial charge in [0.1, 0.15) is 23.0 Å². The zero-order chi connectivity index (χ0) is 48.2. The summed E-state index contributed by atoms with van der Waals surface area (Å²) in [5, 5.41) is 9.75. The largest absolute Gasteiger partial charge is 0.493 e. The summed E-state index contributed by atoms with van der Waals surface area (Å²) >= 11 is 0. The minimum absolute atomic E-state index is 0.0213. The van der Waals surface area contributed by atoms with Gasteiger partial charge in [0.05, 0.1) is 30.5 Å². The molecule has 0 radical (unpaired) electrons. The lowest BCUT2D eigenvalue weighted by Crippen LogP contribution is -2.24. The quantitative estimate of drug-likeness (QED) is 0.0917. The first-order chi connectivity index (χ1) is 34.2. The van der Waals surface area contributed by atoms with Crippen molar-refractivity contribution in [2.75, 3.05) is 49.2 Å². The van der Waals surface area contributed by atoms with Gasteiger partial charge in [-0.15, -0.1) is 0 Å². The molecule has 0 spiro atoms. The van der Waals surface area contributed by atoms with E-state index in [9.17, 15) is 9.90 Å². The van der Waals surface area contributed by atoms with E-state index in [-0.39, 0.29) is 5.92 Å². The van der Waals surface area contributed by atoms with Crippen LogP contribution in [-0.2, 0) is 30.5 Å². The highest BCUT2D eigenvalue weighted by Gasteiger charge is 2.38. The molecular weight excluding hydrogens is 881 g/mol. The molecule has 4 aromatic heterocycles. The number of nitrogens with zero attached hydrogens (tertiary/aromatic N) is 8. The van der Waals surface area contributed by atoms with Crippen molar-refractivity contribution < 1.29 is 28.2 Å². The van der Waals surface area contributed by atoms with Crippen molar-refractivity contribution in [3.63, 3.8) is 0 Å². The highest BCUT2D eigenvalue weighted by molar-refractivity contribution is 5.72. The molecule has 0 bridgehead atoms. The van der Waals surface area contributed by atoms with Gasteiger partial charge in [-0.2, -0.15) is 0 Å². The molecule has 0 unspecified atom stereocenters. The summed E-state index contributed by atoms with van der Waals surface area (Å²) in [6.07, 6.45) is 10.0. The second kappa shape index (κ2) is 22.5. The molecule has 0 saturated carbocycles. The van der Waals surface area contributed by atoms with E-state index in [2.05, 4.69) is 66.0 Å². The van der Waals surface area contributed by atoms with Crippen LogP contribution in [0, 0.1) is 37.5 Å². The van der Waals surface area contributed by atoms with E-state index < -0.39 is 11.9 Å². The molecule has 4 atom stereocenters. The van der Waals surface area contributed by atoms with Gasteiger partial charge >= 0.3 is 5.97 Å². The van der Waals surface area contributed by atoms with Crippen LogP contribution >= 0.6 is 0 Å². The monoisotopic (exact) mass is 938 g/mol. The van der Waals surface area contributed by atoms with Gasteiger partial charge in [0.2, 0.25) is 23.7 Å². The summed E-state index contributed by atoms with van der Waals surface area (Å²) in [6.45, 7) is 10.3. The highest BCUT2D eigenvalue weighted by atomic mass is 16.5. The lowest BCUT2D eigenvalue weighted by Gasteiger charge is -2.16. The van der Waals surface area contributed by atoms with Crippen LogP contribution in [0.15, 0.2) is 155 Å². The lowest BCUT2D eigenvalue weighted by molar-refractivity contribution is -0.142. The van der Waals surface area contributed by atoms with Gasteiger partial charge in [-0.05, 0) is 116 Å². The van der Waals surface area contributed by atoms with E-state index in [4.69, 9.17) is 18.3 Å².